The molecule has 0 unspecified atom stereocenters. The van der Waals surface area contributed by atoms with Crippen LogP contribution in [0, 0.1) is 20.8 Å². The summed E-state index contributed by atoms with van der Waals surface area (Å²) in [6.45, 7) is 9.82. The first-order valence-electron chi connectivity index (χ1n) is 7.16. The van der Waals surface area contributed by atoms with Crippen molar-refractivity contribution < 1.29 is 20.8 Å². The van der Waals surface area contributed by atoms with E-state index >= 15 is 0 Å². The maximum Gasteiger partial charge on any atom is -0.172 e. The molecule has 0 N–H and O–H groups in total. The SMILES string of the molecule is Cc1cccc2cc[c-](C)c12.[CH2-]CC.[Cl][Zr][Cl].c1cc[cH-]c1. The van der Waals surface area contributed by atoms with Crippen molar-refractivity contribution in [2.24, 2.45) is 0 Å². The maximum atomic E-state index is 4.93. The molecule has 3 aromatic rings. The van der Waals surface area contributed by atoms with Gasteiger partial charge in [0.2, 0.25) is 0 Å². The number of aryl methyl sites for hydroxylation is 2. The van der Waals surface area contributed by atoms with Crippen molar-refractivity contribution in [3.8, 4) is 0 Å². The monoisotopic (exact) mass is 411 g/mol. The second kappa shape index (κ2) is 14.2. The number of halogens is 2. The van der Waals surface area contributed by atoms with E-state index in [1.807, 2.05) is 37.3 Å². The van der Waals surface area contributed by atoms with Gasteiger partial charge >= 0.3 is 37.9 Å². The number of hydrogen-bond donors (Lipinski definition) is 0. The molecule has 0 bridgehead atoms. The van der Waals surface area contributed by atoms with Gasteiger partial charge in [-0.1, -0.05) is 26.8 Å². The Morgan fingerprint density at radius 1 is 1.14 bits per heavy atom. The quantitative estimate of drug-likeness (QED) is 0.342. The van der Waals surface area contributed by atoms with Gasteiger partial charge in [-0.3, -0.25) is 0 Å². The normalized spacial score (nSPS) is 8.64. The van der Waals surface area contributed by atoms with Crippen molar-refractivity contribution >= 4 is 27.8 Å². The molecular weight excluding hydrogens is 390 g/mol. The number of hydrogen-bond acceptors (Lipinski definition) is 0. The van der Waals surface area contributed by atoms with E-state index < -0.39 is 20.8 Å². The Hall–Kier alpha value is -0.357. The Bertz CT molecular complexity index is 563. The Balaban J connectivity index is 0.000000335. The van der Waals surface area contributed by atoms with E-state index in [1.165, 1.54) is 21.9 Å². The molecule has 0 aromatic heterocycles. The van der Waals surface area contributed by atoms with Gasteiger partial charge in [-0.2, -0.15) is 36.8 Å². The second-order valence-electron chi connectivity index (χ2n) is 4.59. The number of benzene rings is 1. The van der Waals surface area contributed by atoms with Crippen LogP contribution in [0.1, 0.15) is 24.5 Å². The predicted molar refractivity (Wildman–Crippen MR) is 98.4 cm³/mol. The summed E-state index contributed by atoms with van der Waals surface area (Å²) in [4.78, 5) is 0. The Kier molecular flexibility index (Phi) is 14.0. The van der Waals surface area contributed by atoms with Crippen molar-refractivity contribution in [2.75, 3.05) is 0 Å². The van der Waals surface area contributed by atoms with Gasteiger partial charge in [0.15, 0.2) is 0 Å². The fourth-order valence-electron chi connectivity index (χ4n) is 1.99. The summed E-state index contributed by atoms with van der Waals surface area (Å²) in [5.74, 6) is 0. The van der Waals surface area contributed by atoms with Crippen LogP contribution in [0.5, 0.6) is 0 Å². The van der Waals surface area contributed by atoms with Gasteiger partial charge in [0, 0.05) is 0 Å². The summed E-state index contributed by atoms with van der Waals surface area (Å²) >= 11 is -0.826. The largest absolute Gasteiger partial charge is 0.214 e. The summed E-state index contributed by atoms with van der Waals surface area (Å²) in [5.41, 5.74) is 2.77. The standard InChI is InChI=1S/C11H11.C5H5.C3H7.2ClH.Zr/c1-8-4-3-5-10-7-6-9(2)11(8)10;1-2-4-5-3-1;1-3-2;;;/h3-7H,1-2H3;1-5H;1,3H2,2H3;2*1H;/q3*-1;;;+2/p-2. The van der Waals surface area contributed by atoms with Gasteiger partial charge in [0.1, 0.15) is 0 Å². The van der Waals surface area contributed by atoms with Gasteiger partial charge in [0.25, 0.3) is 0 Å². The zero-order valence-electron chi connectivity index (χ0n) is 13.4. The van der Waals surface area contributed by atoms with Gasteiger partial charge in [-0.25, -0.2) is 12.1 Å². The van der Waals surface area contributed by atoms with E-state index in [1.54, 1.807) is 0 Å². The van der Waals surface area contributed by atoms with E-state index in [0.29, 0.717) is 0 Å². The van der Waals surface area contributed by atoms with E-state index in [9.17, 15) is 0 Å². The minimum absolute atomic E-state index is 0.826. The molecule has 3 aromatic carbocycles. The molecule has 0 nitrogen and oxygen atoms in total. The maximum absolute atomic E-state index is 4.93. The Morgan fingerprint density at radius 2 is 1.68 bits per heavy atom. The second-order valence-corrected chi connectivity index (χ2v) is 8.32. The van der Waals surface area contributed by atoms with Crippen LogP contribution in [0.2, 0.25) is 0 Å². The summed E-state index contributed by atoms with van der Waals surface area (Å²) in [6.07, 6.45) is 1.00. The molecule has 0 radical (unpaired) electrons. The topological polar surface area (TPSA) is 0 Å². The average Bonchev–Trinajstić information content (AvgIpc) is 3.15. The first-order chi connectivity index (χ1) is 10.6. The molecule has 0 saturated carbocycles. The zero-order chi connectivity index (χ0) is 16.8. The Morgan fingerprint density at radius 3 is 2.09 bits per heavy atom. The van der Waals surface area contributed by atoms with Crippen molar-refractivity contribution in [3.63, 3.8) is 0 Å². The van der Waals surface area contributed by atoms with Gasteiger partial charge in [0.05, 0.1) is 0 Å². The van der Waals surface area contributed by atoms with Crippen LogP contribution in [-0.4, -0.2) is 0 Å². The molecule has 0 fully saturated rings. The van der Waals surface area contributed by atoms with Gasteiger partial charge in [-0.15, -0.1) is 34.0 Å². The summed E-state index contributed by atoms with van der Waals surface area (Å²) in [6, 6.07) is 20.8. The van der Waals surface area contributed by atoms with Gasteiger partial charge < -0.3 is 6.92 Å². The molecule has 0 amide bonds. The van der Waals surface area contributed by atoms with Crippen LogP contribution in [0.3, 0.4) is 0 Å². The minimum atomic E-state index is -0.826. The molecule has 120 valence electrons. The average molecular weight is 414 g/mol. The molecule has 0 atom stereocenters. The molecule has 0 heterocycles. The fourth-order valence-corrected chi connectivity index (χ4v) is 1.99. The molecule has 3 heteroatoms. The van der Waals surface area contributed by atoms with Crippen molar-refractivity contribution in [1.29, 1.82) is 0 Å². The van der Waals surface area contributed by atoms with Crippen LogP contribution >= 0.6 is 17.0 Å². The van der Waals surface area contributed by atoms with Crippen LogP contribution < -0.4 is 0 Å². The molecule has 3 rings (SSSR count). The third-order valence-electron chi connectivity index (χ3n) is 2.77. The smallest absolute Gasteiger partial charge is 0.172 e. The molecule has 0 spiro atoms. The fraction of sp³-hybridized carbons (Fsp3) is 0.211. The molecule has 0 aliphatic rings. The Labute approximate surface area is 153 Å². The van der Waals surface area contributed by atoms with E-state index in [4.69, 9.17) is 17.0 Å². The van der Waals surface area contributed by atoms with Crippen LogP contribution in [-0.2, 0) is 20.8 Å². The zero-order valence-corrected chi connectivity index (χ0v) is 17.4. The van der Waals surface area contributed by atoms with Crippen LogP contribution in [0.25, 0.3) is 10.8 Å². The summed E-state index contributed by atoms with van der Waals surface area (Å²) in [7, 11) is 9.87. The molecule has 22 heavy (non-hydrogen) atoms. The predicted octanol–water partition coefficient (Wildman–Crippen LogP) is 7.19. The third kappa shape index (κ3) is 8.93. The molecule has 0 saturated heterocycles. The first-order valence-corrected chi connectivity index (χ1v) is 13.5. The molecule has 0 aliphatic carbocycles. The van der Waals surface area contributed by atoms with Gasteiger partial charge in [-0.05, 0) is 0 Å². The van der Waals surface area contributed by atoms with E-state index in [-0.39, 0.29) is 0 Å². The van der Waals surface area contributed by atoms with Crippen LogP contribution in [0.4, 0.5) is 0 Å². The van der Waals surface area contributed by atoms with E-state index in [0.717, 1.165) is 6.42 Å². The minimum Gasteiger partial charge on any atom is -0.214 e. The first kappa shape index (κ1) is 21.6. The number of rotatable bonds is 0. The van der Waals surface area contributed by atoms with Crippen LogP contribution in [0.15, 0.2) is 60.7 Å². The summed E-state index contributed by atoms with van der Waals surface area (Å²) < 4.78 is 0. The van der Waals surface area contributed by atoms with Crippen molar-refractivity contribution in [1.82, 2.24) is 0 Å². The number of fused-ring (bicyclic) bond motifs is 1. The van der Waals surface area contributed by atoms with Crippen molar-refractivity contribution in [3.05, 3.63) is 78.7 Å². The molecule has 0 aliphatic heterocycles. The van der Waals surface area contributed by atoms with E-state index in [2.05, 4.69) is 51.1 Å². The van der Waals surface area contributed by atoms with Crippen molar-refractivity contribution in [2.45, 2.75) is 27.2 Å². The molecular formula is C19H23Cl2Zr-3. The summed E-state index contributed by atoms with van der Waals surface area (Å²) in [5, 5.41) is 2.79. The third-order valence-corrected chi connectivity index (χ3v) is 2.77.